The van der Waals surface area contributed by atoms with Crippen LogP contribution in [-0.2, 0) is 28.5 Å². The number of aliphatic hydroxyl groups is 5. The molecule has 0 bridgehead atoms. The number of carbonyl (C=O) groups excluding carboxylic acids is 1. The third-order valence-corrected chi connectivity index (χ3v) is 7.02. The molecule has 7 N–H and O–H groups in total. The van der Waals surface area contributed by atoms with Crippen molar-refractivity contribution in [3.63, 3.8) is 0 Å². The number of ether oxygens (including phenoxy) is 4. The lowest BCUT2D eigenvalue weighted by Gasteiger charge is -2.44. The Balaban J connectivity index is 1.57. The van der Waals surface area contributed by atoms with E-state index in [4.69, 9.17) is 18.9 Å². The Morgan fingerprint density at radius 2 is 1.82 bits per heavy atom. The van der Waals surface area contributed by atoms with Crippen molar-refractivity contribution < 1.29 is 64.3 Å². The number of carboxylic acids is 1. The number of aromatic hydroxyl groups is 1. The Morgan fingerprint density at radius 3 is 2.45 bits per heavy atom. The van der Waals surface area contributed by atoms with Gasteiger partial charge >= 0.3 is 11.9 Å². The van der Waals surface area contributed by atoms with E-state index in [0.717, 1.165) is 12.3 Å². The monoisotopic (exact) mass is 538 g/mol. The minimum absolute atomic E-state index is 0.0332. The van der Waals surface area contributed by atoms with Gasteiger partial charge in [-0.05, 0) is 30.7 Å². The summed E-state index contributed by atoms with van der Waals surface area (Å²) in [7, 11) is 0. The van der Waals surface area contributed by atoms with E-state index in [1.165, 1.54) is 37.3 Å². The van der Waals surface area contributed by atoms with Crippen molar-refractivity contribution in [2.75, 3.05) is 6.61 Å². The third-order valence-electron chi connectivity index (χ3n) is 7.02. The Kier molecular flexibility index (Phi) is 8.09. The van der Waals surface area contributed by atoms with Crippen molar-refractivity contribution in [3.05, 3.63) is 47.7 Å². The largest absolute Gasteiger partial charge is 0.508 e. The molecule has 3 aliphatic rings. The number of hydrogen-bond donors (Lipinski definition) is 7. The van der Waals surface area contributed by atoms with E-state index >= 15 is 0 Å². The lowest BCUT2D eigenvalue weighted by Crippen LogP contribution is -2.62. The summed E-state index contributed by atoms with van der Waals surface area (Å²) < 4.78 is 22.2. The molecule has 0 unspecified atom stereocenters. The van der Waals surface area contributed by atoms with Crippen LogP contribution in [0.25, 0.3) is 6.08 Å². The van der Waals surface area contributed by atoms with Crippen molar-refractivity contribution in [1.29, 1.82) is 0 Å². The number of carbonyl (C=O) groups is 2. The molecule has 0 radical (unpaired) electrons. The number of carboxylic acid groups (broad SMARTS) is 1. The predicted octanol–water partition coefficient (Wildman–Crippen LogP) is -1.15. The highest BCUT2D eigenvalue weighted by molar-refractivity contribution is 5.88. The molecule has 13 heteroatoms. The summed E-state index contributed by atoms with van der Waals surface area (Å²) in [6, 6.07) is 5.90. The molecule has 1 aromatic rings. The van der Waals surface area contributed by atoms with Crippen LogP contribution in [0.2, 0.25) is 0 Å². The quantitative estimate of drug-likeness (QED) is 0.161. The standard InChI is InChI=1S/C25H30O13/c1-25(34)8-14(28)17-13(22(32)33)10-35-23(18(17)25)38-24-21(20(31)19(30)15(9-26)36-24)37-16(29)7-4-11-2-5-12(27)6-3-11/h2-7,10,14-15,17-21,23-24,26-28,30-31,34H,8-9H2,1H3,(H,32,33)/t14-,15-,17-,18+,19+,20+,21+,23-,24-,25-/m0/s1. The van der Waals surface area contributed by atoms with E-state index in [1.807, 2.05) is 0 Å². The number of rotatable bonds is 7. The maximum Gasteiger partial charge on any atom is 0.335 e. The van der Waals surface area contributed by atoms with Crippen molar-refractivity contribution in [2.24, 2.45) is 11.8 Å². The summed E-state index contributed by atoms with van der Waals surface area (Å²) in [6.07, 6.45) is -7.55. The highest BCUT2D eigenvalue weighted by Gasteiger charge is 2.59. The smallest absolute Gasteiger partial charge is 0.335 e. The van der Waals surface area contributed by atoms with Gasteiger partial charge in [-0.3, -0.25) is 0 Å². The second kappa shape index (κ2) is 11.0. The number of phenols is 1. The zero-order valence-corrected chi connectivity index (χ0v) is 20.2. The summed E-state index contributed by atoms with van der Waals surface area (Å²) in [4.78, 5) is 24.2. The number of esters is 1. The van der Waals surface area contributed by atoms with Crippen LogP contribution in [0.5, 0.6) is 5.75 Å². The number of phenolic OH excluding ortho intramolecular Hbond substituents is 1. The molecule has 0 spiro atoms. The van der Waals surface area contributed by atoms with E-state index < -0.39 is 79.1 Å². The van der Waals surface area contributed by atoms with Gasteiger partial charge < -0.3 is 54.7 Å². The van der Waals surface area contributed by atoms with Crippen LogP contribution >= 0.6 is 0 Å². The van der Waals surface area contributed by atoms with Gasteiger partial charge in [-0.2, -0.15) is 0 Å². The lowest BCUT2D eigenvalue weighted by atomic mass is 9.81. The second-order valence-electron chi connectivity index (χ2n) is 9.73. The maximum atomic E-state index is 12.5. The molecule has 1 saturated heterocycles. The van der Waals surface area contributed by atoms with E-state index in [-0.39, 0.29) is 17.7 Å². The van der Waals surface area contributed by atoms with E-state index in [9.17, 15) is 45.3 Å². The average Bonchev–Trinajstić information content (AvgIpc) is 3.11. The van der Waals surface area contributed by atoms with Gasteiger partial charge in [0.1, 0.15) is 24.1 Å². The molecule has 208 valence electrons. The first kappa shape index (κ1) is 28.0. The molecular weight excluding hydrogens is 508 g/mol. The average molecular weight is 539 g/mol. The summed E-state index contributed by atoms with van der Waals surface area (Å²) in [5.74, 6) is -4.43. The number of aliphatic carboxylic acids is 1. The van der Waals surface area contributed by atoms with Crippen molar-refractivity contribution in [1.82, 2.24) is 0 Å². The highest BCUT2D eigenvalue weighted by Crippen LogP contribution is 2.49. The number of benzene rings is 1. The van der Waals surface area contributed by atoms with Gasteiger partial charge in [0, 0.05) is 18.4 Å². The molecule has 13 nitrogen and oxygen atoms in total. The Labute approximate surface area is 216 Å². The van der Waals surface area contributed by atoms with Crippen LogP contribution < -0.4 is 0 Å². The molecule has 4 rings (SSSR count). The molecule has 10 atom stereocenters. The fraction of sp³-hybridized carbons (Fsp3) is 0.520. The first-order chi connectivity index (χ1) is 17.9. The number of fused-ring (bicyclic) bond motifs is 1. The zero-order valence-electron chi connectivity index (χ0n) is 20.2. The Hall–Kier alpha value is -3.04. The van der Waals surface area contributed by atoms with Crippen LogP contribution in [0.1, 0.15) is 18.9 Å². The topological polar surface area (TPSA) is 213 Å². The SMILES string of the molecule is C[C@]1(O)C[C@H](O)[C@@H]2C(C(=O)O)=CO[C@@H](O[C@@H]3O[C@@H](CO)[C@@H](O)[C@@H](O)[C@H]3OC(=O)C=Cc3ccc(O)cc3)[C@@H]21. The normalized spacial score (nSPS) is 38.8. The number of aliphatic hydroxyl groups excluding tert-OH is 4. The van der Waals surface area contributed by atoms with Gasteiger partial charge in [0.25, 0.3) is 0 Å². The molecule has 1 saturated carbocycles. The molecule has 2 heterocycles. The van der Waals surface area contributed by atoms with Gasteiger partial charge in [-0.25, -0.2) is 9.59 Å². The van der Waals surface area contributed by atoms with Crippen LogP contribution in [0.3, 0.4) is 0 Å². The van der Waals surface area contributed by atoms with Crippen LogP contribution in [0.15, 0.2) is 42.2 Å². The molecular formula is C25H30O13. The molecule has 0 aromatic heterocycles. The van der Waals surface area contributed by atoms with Gasteiger partial charge in [0.15, 0.2) is 6.10 Å². The van der Waals surface area contributed by atoms with Crippen LogP contribution in [0, 0.1) is 11.8 Å². The summed E-state index contributed by atoms with van der Waals surface area (Å²) >= 11 is 0. The fourth-order valence-corrected chi connectivity index (χ4v) is 5.14. The molecule has 1 aromatic carbocycles. The minimum Gasteiger partial charge on any atom is -0.508 e. The number of hydrogen-bond acceptors (Lipinski definition) is 12. The summed E-state index contributed by atoms with van der Waals surface area (Å²) in [5, 5.41) is 70.9. The van der Waals surface area contributed by atoms with Gasteiger partial charge in [0.2, 0.25) is 12.6 Å². The van der Waals surface area contributed by atoms with E-state index in [2.05, 4.69) is 0 Å². The second-order valence-corrected chi connectivity index (χ2v) is 9.73. The maximum absolute atomic E-state index is 12.5. The lowest BCUT2D eigenvalue weighted by molar-refractivity contribution is -0.347. The third kappa shape index (κ3) is 5.54. The Morgan fingerprint density at radius 1 is 1.13 bits per heavy atom. The van der Waals surface area contributed by atoms with Crippen molar-refractivity contribution >= 4 is 18.0 Å². The van der Waals surface area contributed by atoms with Gasteiger partial charge in [-0.1, -0.05) is 12.1 Å². The van der Waals surface area contributed by atoms with Gasteiger partial charge in [-0.15, -0.1) is 0 Å². The predicted molar refractivity (Wildman–Crippen MR) is 125 cm³/mol. The first-order valence-corrected chi connectivity index (χ1v) is 11.9. The molecule has 38 heavy (non-hydrogen) atoms. The zero-order chi connectivity index (χ0) is 27.8. The highest BCUT2D eigenvalue weighted by atomic mass is 16.8. The molecule has 2 fully saturated rings. The van der Waals surface area contributed by atoms with Crippen LogP contribution in [0.4, 0.5) is 0 Å². The minimum atomic E-state index is -1.77. The van der Waals surface area contributed by atoms with Crippen LogP contribution in [-0.4, -0.2) is 103 Å². The van der Waals surface area contributed by atoms with Gasteiger partial charge in [0.05, 0.1) is 36.1 Å². The van der Waals surface area contributed by atoms with Crippen molar-refractivity contribution in [2.45, 2.75) is 62.0 Å². The summed E-state index contributed by atoms with van der Waals surface area (Å²) in [6.45, 7) is 0.657. The summed E-state index contributed by atoms with van der Waals surface area (Å²) in [5.41, 5.74) is -1.35. The molecule has 1 aliphatic carbocycles. The molecule has 0 amide bonds. The Bertz CT molecular complexity index is 1080. The van der Waals surface area contributed by atoms with E-state index in [0.29, 0.717) is 5.56 Å². The van der Waals surface area contributed by atoms with E-state index in [1.54, 1.807) is 0 Å². The fourth-order valence-electron chi connectivity index (χ4n) is 5.14. The first-order valence-electron chi connectivity index (χ1n) is 11.9. The van der Waals surface area contributed by atoms with Crippen molar-refractivity contribution in [3.8, 4) is 5.75 Å². The molecule has 2 aliphatic heterocycles.